The number of ether oxygens (including phenoxy) is 2. The quantitative estimate of drug-likeness (QED) is 0.686. The number of carbonyl (C=O) groups excluding carboxylic acids is 2. The molecule has 2 aliphatic heterocycles. The minimum Gasteiger partial charge on any atom is -0.492 e. The van der Waals surface area contributed by atoms with Crippen LogP contribution in [0.25, 0.3) is 11.1 Å². The summed E-state index contributed by atoms with van der Waals surface area (Å²) in [5, 5.41) is 0. The number of urea groups is 1. The average molecular weight is 452 g/mol. The van der Waals surface area contributed by atoms with E-state index in [-0.39, 0.29) is 11.9 Å². The normalized spacial score (nSPS) is 16.5. The molecule has 2 heterocycles. The Kier molecular flexibility index (Phi) is 7.37. The fourth-order valence-corrected chi connectivity index (χ4v) is 4.60. The van der Waals surface area contributed by atoms with Crippen LogP contribution < -0.4 is 9.47 Å². The van der Waals surface area contributed by atoms with Crippen molar-refractivity contribution < 1.29 is 19.1 Å². The van der Waals surface area contributed by atoms with Gasteiger partial charge in [-0.15, -0.1) is 0 Å². The largest absolute Gasteiger partial charge is 0.492 e. The van der Waals surface area contributed by atoms with Gasteiger partial charge in [-0.3, -0.25) is 4.79 Å². The number of piperidine rings is 1. The Morgan fingerprint density at radius 2 is 1.48 bits per heavy atom. The number of carbonyl (C=O) groups is 2. The van der Waals surface area contributed by atoms with Gasteiger partial charge in [0.15, 0.2) is 11.5 Å². The molecule has 4 rings (SSSR count). The summed E-state index contributed by atoms with van der Waals surface area (Å²) in [5.41, 5.74) is 2.35. The number of hydrogen-bond donors (Lipinski definition) is 0. The van der Waals surface area contributed by atoms with Crippen LogP contribution in [0.2, 0.25) is 0 Å². The molecule has 7 heteroatoms. The third-order valence-electron chi connectivity index (χ3n) is 6.35. The molecule has 0 saturated carbocycles. The monoisotopic (exact) mass is 451 g/mol. The van der Waals surface area contributed by atoms with Gasteiger partial charge in [-0.2, -0.15) is 0 Å². The SMILES string of the molecule is CCOc1cc(C(=O)N2CCN(C(=O)N3CCCCC3)CC2)cc(-c2ccccc2)c1OC. The third-order valence-corrected chi connectivity index (χ3v) is 6.35. The number of rotatable bonds is 5. The maximum Gasteiger partial charge on any atom is 0.320 e. The van der Waals surface area contributed by atoms with Gasteiger partial charge in [0.1, 0.15) is 0 Å². The van der Waals surface area contributed by atoms with Gasteiger partial charge in [0.2, 0.25) is 0 Å². The second-order valence-corrected chi connectivity index (χ2v) is 8.46. The van der Waals surface area contributed by atoms with Crippen LogP contribution >= 0.6 is 0 Å². The molecule has 0 unspecified atom stereocenters. The molecule has 33 heavy (non-hydrogen) atoms. The van der Waals surface area contributed by atoms with E-state index in [1.807, 2.05) is 58.0 Å². The van der Waals surface area contributed by atoms with Crippen LogP contribution in [0.15, 0.2) is 42.5 Å². The number of nitrogens with zero attached hydrogens (tertiary/aromatic N) is 3. The predicted octanol–water partition coefficient (Wildman–Crippen LogP) is 4.12. The second kappa shape index (κ2) is 10.6. The standard InChI is InChI=1S/C26H33N3O4/c1-3-33-23-19-21(18-22(24(23)32-2)20-10-6-4-7-11-20)25(30)27-14-16-29(17-15-27)26(31)28-12-8-5-9-13-28/h4,6-7,10-11,18-19H,3,5,8-9,12-17H2,1-2H3. The Bertz CT molecular complexity index is 965. The second-order valence-electron chi connectivity index (χ2n) is 8.46. The summed E-state index contributed by atoms with van der Waals surface area (Å²) in [7, 11) is 1.62. The van der Waals surface area contributed by atoms with Gasteiger partial charge in [0.25, 0.3) is 5.91 Å². The molecule has 0 bridgehead atoms. The van der Waals surface area contributed by atoms with Crippen LogP contribution in [0.3, 0.4) is 0 Å². The number of piperazine rings is 1. The number of methoxy groups -OCH3 is 1. The highest BCUT2D eigenvalue weighted by Crippen LogP contribution is 2.39. The minimum absolute atomic E-state index is 0.0548. The maximum atomic E-state index is 13.4. The van der Waals surface area contributed by atoms with E-state index >= 15 is 0 Å². The van der Waals surface area contributed by atoms with Gasteiger partial charge < -0.3 is 24.2 Å². The van der Waals surface area contributed by atoms with Crippen LogP contribution in [-0.4, -0.2) is 79.6 Å². The molecule has 2 aromatic carbocycles. The Morgan fingerprint density at radius 3 is 2.12 bits per heavy atom. The first-order valence-electron chi connectivity index (χ1n) is 11.9. The number of amides is 3. The highest BCUT2D eigenvalue weighted by Gasteiger charge is 2.29. The van der Waals surface area contributed by atoms with Crippen LogP contribution in [0.4, 0.5) is 4.79 Å². The zero-order valence-electron chi connectivity index (χ0n) is 19.6. The number of likely N-dealkylation sites (tertiary alicyclic amines) is 1. The predicted molar refractivity (Wildman–Crippen MR) is 128 cm³/mol. The van der Waals surface area contributed by atoms with Gasteiger partial charge in [-0.05, 0) is 43.9 Å². The van der Waals surface area contributed by atoms with Crippen molar-refractivity contribution in [3.8, 4) is 22.6 Å². The lowest BCUT2D eigenvalue weighted by Gasteiger charge is -2.38. The number of hydrogen-bond acceptors (Lipinski definition) is 4. The molecule has 0 spiro atoms. The fraction of sp³-hybridized carbons (Fsp3) is 0.462. The Morgan fingerprint density at radius 1 is 0.848 bits per heavy atom. The van der Waals surface area contributed by atoms with E-state index in [0.29, 0.717) is 49.8 Å². The van der Waals surface area contributed by atoms with Crippen molar-refractivity contribution in [2.45, 2.75) is 26.2 Å². The van der Waals surface area contributed by atoms with E-state index in [4.69, 9.17) is 9.47 Å². The zero-order chi connectivity index (χ0) is 23.2. The van der Waals surface area contributed by atoms with Gasteiger partial charge >= 0.3 is 6.03 Å². The van der Waals surface area contributed by atoms with Crippen molar-refractivity contribution in [3.63, 3.8) is 0 Å². The van der Waals surface area contributed by atoms with Gasteiger partial charge in [0.05, 0.1) is 13.7 Å². The van der Waals surface area contributed by atoms with Crippen molar-refractivity contribution >= 4 is 11.9 Å². The van der Waals surface area contributed by atoms with Crippen molar-refractivity contribution in [2.24, 2.45) is 0 Å². The Labute approximate surface area is 195 Å². The molecule has 0 aromatic heterocycles. The summed E-state index contributed by atoms with van der Waals surface area (Å²) < 4.78 is 11.5. The average Bonchev–Trinajstić information content (AvgIpc) is 2.88. The molecule has 0 aliphatic carbocycles. The molecule has 3 amide bonds. The van der Waals surface area contributed by atoms with Crippen molar-refractivity contribution in [1.29, 1.82) is 0 Å². The highest BCUT2D eigenvalue weighted by atomic mass is 16.5. The van der Waals surface area contributed by atoms with E-state index in [1.54, 1.807) is 13.2 Å². The third kappa shape index (κ3) is 5.07. The molecule has 2 fully saturated rings. The lowest BCUT2D eigenvalue weighted by atomic mass is 10.00. The summed E-state index contributed by atoms with van der Waals surface area (Å²) in [4.78, 5) is 31.9. The van der Waals surface area contributed by atoms with Crippen molar-refractivity contribution in [1.82, 2.24) is 14.7 Å². The lowest BCUT2D eigenvalue weighted by molar-refractivity contribution is 0.0632. The molecule has 0 atom stereocenters. The van der Waals surface area contributed by atoms with Gasteiger partial charge in [0, 0.05) is 50.4 Å². The van der Waals surface area contributed by atoms with E-state index in [1.165, 1.54) is 6.42 Å². The molecule has 2 aromatic rings. The summed E-state index contributed by atoms with van der Waals surface area (Å²) in [5.74, 6) is 1.13. The zero-order valence-corrected chi connectivity index (χ0v) is 19.6. The Hall–Kier alpha value is -3.22. The van der Waals surface area contributed by atoms with E-state index in [0.717, 1.165) is 37.1 Å². The van der Waals surface area contributed by atoms with Crippen LogP contribution in [0.5, 0.6) is 11.5 Å². The molecular formula is C26H33N3O4. The molecule has 2 saturated heterocycles. The van der Waals surface area contributed by atoms with Crippen LogP contribution in [0.1, 0.15) is 36.5 Å². The van der Waals surface area contributed by atoms with Crippen LogP contribution in [0, 0.1) is 0 Å². The first kappa shape index (κ1) is 23.0. The molecule has 176 valence electrons. The molecule has 0 radical (unpaired) electrons. The van der Waals surface area contributed by atoms with Crippen LogP contribution in [-0.2, 0) is 0 Å². The van der Waals surface area contributed by atoms with Crippen molar-refractivity contribution in [2.75, 3.05) is 53.0 Å². The van der Waals surface area contributed by atoms with E-state index in [9.17, 15) is 9.59 Å². The summed E-state index contributed by atoms with van der Waals surface area (Å²) in [6, 6.07) is 13.6. The highest BCUT2D eigenvalue weighted by molar-refractivity contribution is 5.97. The minimum atomic E-state index is -0.0548. The smallest absolute Gasteiger partial charge is 0.320 e. The first-order chi connectivity index (χ1) is 16.1. The summed E-state index contributed by atoms with van der Waals surface area (Å²) >= 11 is 0. The lowest BCUT2D eigenvalue weighted by Crippen LogP contribution is -2.54. The topological polar surface area (TPSA) is 62.3 Å². The maximum absolute atomic E-state index is 13.4. The van der Waals surface area contributed by atoms with E-state index in [2.05, 4.69) is 0 Å². The molecule has 7 nitrogen and oxygen atoms in total. The first-order valence-corrected chi connectivity index (χ1v) is 11.9. The molecule has 0 N–H and O–H groups in total. The fourth-order valence-electron chi connectivity index (χ4n) is 4.60. The Balaban J connectivity index is 1.52. The molecular weight excluding hydrogens is 418 g/mol. The summed E-state index contributed by atoms with van der Waals surface area (Å²) in [6.07, 6.45) is 3.35. The molecule has 2 aliphatic rings. The van der Waals surface area contributed by atoms with Gasteiger partial charge in [-0.25, -0.2) is 4.79 Å². The van der Waals surface area contributed by atoms with Crippen molar-refractivity contribution in [3.05, 3.63) is 48.0 Å². The summed E-state index contributed by atoms with van der Waals surface area (Å²) in [6.45, 7) is 6.22. The number of benzene rings is 2. The van der Waals surface area contributed by atoms with Gasteiger partial charge in [-0.1, -0.05) is 30.3 Å². The van der Waals surface area contributed by atoms with E-state index < -0.39 is 0 Å².